The van der Waals surface area contributed by atoms with Gasteiger partial charge in [0.25, 0.3) is 0 Å². The molecule has 1 aliphatic rings. The van der Waals surface area contributed by atoms with Gasteiger partial charge in [0.05, 0.1) is 20.8 Å². The Balaban J connectivity index is 2.12. The lowest BCUT2D eigenvalue weighted by atomic mass is 9.91. The van der Waals surface area contributed by atoms with Crippen LogP contribution in [0.3, 0.4) is 0 Å². The maximum Gasteiger partial charge on any atom is 0.169 e. The minimum absolute atomic E-state index is 0.250. The van der Waals surface area contributed by atoms with Crippen LogP contribution in [0.2, 0.25) is 0 Å². The van der Waals surface area contributed by atoms with E-state index in [2.05, 4.69) is 0 Å². The van der Waals surface area contributed by atoms with Crippen LogP contribution >= 0.6 is 0 Å². The first kappa shape index (κ1) is 15.8. The average Bonchev–Trinajstić information content (AvgIpc) is 2.59. The van der Waals surface area contributed by atoms with Crippen molar-refractivity contribution in [2.45, 2.75) is 12.5 Å². The molecule has 6 nitrogen and oxygen atoms in total. The van der Waals surface area contributed by atoms with Crippen molar-refractivity contribution in [3.05, 3.63) is 58.3 Å². The normalized spacial score (nSPS) is 18.2. The number of nitrogens with one attached hydrogen (secondary N) is 1. The summed E-state index contributed by atoms with van der Waals surface area (Å²) in [6.07, 6.45) is 0.326. The third kappa shape index (κ3) is 2.89. The number of hydrogen-bond acceptors (Lipinski definition) is 5. The molecule has 2 aromatic carbocycles. The van der Waals surface area contributed by atoms with Crippen molar-refractivity contribution in [1.82, 2.24) is 0 Å². The summed E-state index contributed by atoms with van der Waals surface area (Å²) in [5.41, 5.74) is 2.90. The van der Waals surface area contributed by atoms with E-state index in [9.17, 15) is 10.4 Å². The van der Waals surface area contributed by atoms with Crippen LogP contribution in [0.15, 0.2) is 36.4 Å². The van der Waals surface area contributed by atoms with E-state index >= 15 is 0 Å². The van der Waals surface area contributed by atoms with Gasteiger partial charge in [0.2, 0.25) is 0 Å². The molecule has 0 aromatic heterocycles. The molecule has 6 heteroatoms. The second kappa shape index (κ2) is 6.55. The molecule has 2 N–H and O–H groups in total. The summed E-state index contributed by atoms with van der Waals surface area (Å²) in [5.74, 6) is 1.27. The molecular formula is C17H19NO5. The first-order valence-electron chi connectivity index (χ1n) is 7.34. The summed E-state index contributed by atoms with van der Waals surface area (Å²) in [7, 11) is 3.18. The minimum atomic E-state index is -0.961. The Morgan fingerprint density at radius 3 is 2.52 bits per heavy atom. The van der Waals surface area contributed by atoms with Crippen molar-refractivity contribution in [2.75, 3.05) is 20.8 Å². The minimum Gasteiger partial charge on any atom is -0.595 e. The summed E-state index contributed by atoms with van der Waals surface area (Å²) in [6, 6.07) is 10.7. The van der Waals surface area contributed by atoms with E-state index in [0.717, 1.165) is 17.5 Å². The number of ether oxygens (including phenoxy) is 3. The SMILES string of the molecule is COc1cc2c(cc1OC)[C@H](c1ccccc1[NH+]([O-])O)OCC2. The predicted octanol–water partition coefficient (Wildman–Crippen LogP) is 1.77. The molecule has 0 aliphatic carbocycles. The molecule has 0 saturated heterocycles. The molecular weight excluding hydrogens is 298 g/mol. The fraction of sp³-hybridized carbons (Fsp3) is 0.294. The van der Waals surface area contributed by atoms with Crippen LogP contribution in [-0.4, -0.2) is 26.0 Å². The van der Waals surface area contributed by atoms with Crippen molar-refractivity contribution in [3.8, 4) is 11.5 Å². The molecule has 0 saturated carbocycles. The van der Waals surface area contributed by atoms with E-state index in [1.54, 1.807) is 32.4 Å². The van der Waals surface area contributed by atoms with Crippen LogP contribution in [0.1, 0.15) is 22.8 Å². The van der Waals surface area contributed by atoms with Gasteiger partial charge in [-0.2, -0.15) is 5.23 Å². The van der Waals surface area contributed by atoms with Gasteiger partial charge >= 0.3 is 0 Å². The number of para-hydroxylation sites is 1. The Kier molecular flexibility index (Phi) is 4.49. The summed E-state index contributed by atoms with van der Waals surface area (Å²) >= 11 is 0. The molecule has 0 bridgehead atoms. The molecule has 0 radical (unpaired) electrons. The Bertz CT molecular complexity index is 701. The molecule has 0 fully saturated rings. The molecule has 23 heavy (non-hydrogen) atoms. The molecule has 122 valence electrons. The molecule has 0 amide bonds. The van der Waals surface area contributed by atoms with Gasteiger partial charge in [-0.05, 0) is 35.7 Å². The Hall–Kier alpha value is -2.12. The van der Waals surface area contributed by atoms with Crippen LogP contribution in [0, 0.1) is 5.21 Å². The van der Waals surface area contributed by atoms with Gasteiger partial charge in [-0.15, -0.1) is 0 Å². The molecule has 1 unspecified atom stereocenters. The van der Waals surface area contributed by atoms with Crippen molar-refractivity contribution in [1.29, 1.82) is 0 Å². The fourth-order valence-corrected chi connectivity index (χ4v) is 2.95. The van der Waals surface area contributed by atoms with Gasteiger partial charge in [0, 0.05) is 11.6 Å². The molecule has 0 spiro atoms. The summed E-state index contributed by atoms with van der Waals surface area (Å²) in [4.78, 5) is 0. The average molecular weight is 317 g/mol. The van der Waals surface area contributed by atoms with Crippen molar-refractivity contribution in [3.63, 3.8) is 0 Å². The molecule has 1 heterocycles. The first-order valence-corrected chi connectivity index (χ1v) is 7.34. The lowest BCUT2D eigenvalue weighted by Crippen LogP contribution is -2.99. The molecule has 2 atom stereocenters. The van der Waals surface area contributed by atoms with Gasteiger partial charge in [-0.1, -0.05) is 12.1 Å². The summed E-state index contributed by atoms with van der Waals surface area (Å²) in [5, 5.41) is 20.0. The van der Waals surface area contributed by atoms with E-state index < -0.39 is 11.3 Å². The van der Waals surface area contributed by atoms with Gasteiger partial charge in [-0.25, -0.2) is 5.21 Å². The van der Waals surface area contributed by atoms with E-state index in [-0.39, 0.29) is 5.69 Å². The van der Waals surface area contributed by atoms with E-state index in [1.165, 1.54) is 0 Å². The Labute approximate surface area is 134 Å². The number of rotatable bonds is 4. The lowest BCUT2D eigenvalue weighted by Gasteiger charge is -2.29. The van der Waals surface area contributed by atoms with Crippen LogP contribution in [-0.2, 0) is 11.2 Å². The van der Waals surface area contributed by atoms with E-state index in [1.807, 2.05) is 18.2 Å². The summed E-state index contributed by atoms with van der Waals surface area (Å²) in [6.45, 7) is 0.529. The number of methoxy groups -OCH3 is 2. The molecule has 3 rings (SSSR count). The van der Waals surface area contributed by atoms with Crippen molar-refractivity contribution in [2.24, 2.45) is 0 Å². The Morgan fingerprint density at radius 1 is 1.13 bits per heavy atom. The topological polar surface area (TPSA) is 75.4 Å². The molecule has 2 aromatic rings. The zero-order valence-corrected chi connectivity index (χ0v) is 13.0. The van der Waals surface area contributed by atoms with Gasteiger partial charge in [-0.3, -0.25) is 0 Å². The van der Waals surface area contributed by atoms with Crippen molar-refractivity contribution < 1.29 is 24.6 Å². The second-order valence-corrected chi connectivity index (χ2v) is 5.30. The highest BCUT2D eigenvalue weighted by Gasteiger charge is 2.28. The lowest BCUT2D eigenvalue weighted by molar-refractivity contribution is -0.991. The van der Waals surface area contributed by atoms with Gasteiger partial charge in [0.1, 0.15) is 6.10 Å². The van der Waals surface area contributed by atoms with Gasteiger partial charge < -0.3 is 19.4 Å². The summed E-state index contributed by atoms with van der Waals surface area (Å²) < 4.78 is 16.6. The highest BCUT2D eigenvalue weighted by atomic mass is 16.8. The predicted molar refractivity (Wildman–Crippen MR) is 83.3 cm³/mol. The smallest absolute Gasteiger partial charge is 0.169 e. The van der Waals surface area contributed by atoms with Crippen LogP contribution in [0.5, 0.6) is 11.5 Å². The van der Waals surface area contributed by atoms with Crippen LogP contribution in [0.4, 0.5) is 5.69 Å². The van der Waals surface area contributed by atoms with Gasteiger partial charge in [0.15, 0.2) is 17.2 Å². The highest BCUT2D eigenvalue weighted by Crippen LogP contribution is 2.40. The van der Waals surface area contributed by atoms with Crippen molar-refractivity contribution >= 4 is 5.69 Å². The largest absolute Gasteiger partial charge is 0.595 e. The third-order valence-corrected chi connectivity index (χ3v) is 4.06. The maximum atomic E-state index is 11.5. The number of quaternary nitrogens is 1. The quantitative estimate of drug-likeness (QED) is 0.841. The third-order valence-electron chi connectivity index (χ3n) is 4.06. The Morgan fingerprint density at radius 2 is 1.83 bits per heavy atom. The first-order chi connectivity index (χ1) is 11.2. The number of fused-ring (bicyclic) bond motifs is 1. The molecule has 1 aliphatic heterocycles. The van der Waals surface area contributed by atoms with E-state index in [0.29, 0.717) is 23.7 Å². The van der Waals surface area contributed by atoms with E-state index in [4.69, 9.17) is 14.2 Å². The standard InChI is InChI=1S/C17H19NO5/c1-21-15-9-11-7-8-23-17(13(11)10-16(15)22-2)12-5-3-4-6-14(12)18(19)20/h3-6,9-10,17-19H,7-8H2,1-2H3/t17-/m0/s1. The second-order valence-electron chi connectivity index (χ2n) is 5.30. The van der Waals surface area contributed by atoms with Crippen LogP contribution < -0.4 is 14.7 Å². The zero-order chi connectivity index (χ0) is 16.4. The zero-order valence-electron chi connectivity index (χ0n) is 13.0. The maximum absolute atomic E-state index is 11.5. The highest BCUT2D eigenvalue weighted by molar-refractivity contribution is 5.53. The number of hydrogen-bond donors (Lipinski definition) is 2. The van der Waals surface area contributed by atoms with Crippen LogP contribution in [0.25, 0.3) is 0 Å². The number of benzene rings is 2. The fourth-order valence-electron chi connectivity index (χ4n) is 2.95. The monoisotopic (exact) mass is 317 g/mol.